The first-order valence-electron chi connectivity index (χ1n) is 12.7. The van der Waals surface area contributed by atoms with Gasteiger partial charge in [-0.15, -0.1) is 0 Å². The van der Waals surface area contributed by atoms with E-state index in [4.69, 9.17) is 18.9 Å². The first kappa shape index (κ1) is 35.8. The fourth-order valence-corrected chi connectivity index (χ4v) is 2.70. The molecule has 0 fully saturated rings. The molecule has 0 aromatic rings. The Morgan fingerprint density at radius 2 is 1.36 bits per heavy atom. The van der Waals surface area contributed by atoms with E-state index in [0.29, 0.717) is 59.2 Å². The molecule has 5 amide bonds. The van der Waals surface area contributed by atoms with Crippen LogP contribution in [0.5, 0.6) is 0 Å². The van der Waals surface area contributed by atoms with Crippen LogP contribution < -0.4 is 16.0 Å². The summed E-state index contributed by atoms with van der Waals surface area (Å²) in [5, 5.41) is 7.60. The monoisotopic (exact) mass is 558 g/mol. The Morgan fingerprint density at radius 3 is 1.90 bits per heavy atom. The average Bonchev–Trinajstić information content (AvgIpc) is 2.89. The molecule has 0 radical (unpaired) electrons. The molecule has 1 atom stereocenters. The maximum Gasteiger partial charge on any atom is 0.252 e. The number of carbonyl (C=O) groups is 6. The zero-order valence-electron chi connectivity index (χ0n) is 23.0. The van der Waals surface area contributed by atoms with Crippen molar-refractivity contribution < 1.29 is 47.7 Å². The number of amides is 5. The van der Waals surface area contributed by atoms with Gasteiger partial charge in [0, 0.05) is 25.9 Å². The smallest absolute Gasteiger partial charge is 0.252 e. The molecule has 1 unspecified atom stereocenters. The maximum atomic E-state index is 11.8. The molecule has 0 saturated carbocycles. The molecule has 0 saturated heterocycles. The molecule has 0 aliphatic heterocycles. The second kappa shape index (κ2) is 23.9. The van der Waals surface area contributed by atoms with Gasteiger partial charge in [0.25, 0.3) is 5.91 Å². The zero-order valence-corrected chi connectivity index (χ0v) is 23.0. The van der Waals surface area contributed by atoms with Crippen LogP contribution in [0.25, 0.3) is 0 Å². The highest BCUT2D eigenvalue weighted by atomic mass is 16.6. The highest BCUT2D eigenvalue weighted by Crippen LogP contribution is 1.92. The number of hydrogen-bond acceptors (Lipinski definition) is 10. The summed E-state index contributed by atoms with van der Waals surface area (Å²) in [4.78, 5) is 69.5. The molecule has 0 heterocycles. The molecule has 0 aromatic carbocycles. The second-order valence-electron chi connectivity index (χ2n) is 8.15. The fraction of sp³-hybridized carbons (Fsp3) is 0.680. The van der Waals surface area contributed by atoms with E-state index in [2.05, 4.69) is 16.0 Å². The number of ether oxygens (including phenoxy) is 4. The number of nitrogens with one attached hydrogen (secondary N) is 3. The molecule has 0 bridgehead atoms. The molecular formula is C25H42N4O10. The van der Waals surface area contributed by atoms with Crippen LogP contribution in [0, 0.1) is 0 Å². The number of hydrogen-bond donors (Lipinski definition) is 3. The molecular weight excluding hydrogens is 516 g/mol. The molecule has 3 N–H and O–H groups in total. The van der Waals surface area contributed by atoms with Crippen molar-refractivity contribution in [3.63, 3.8) is 0 Å². The van der Waals surface area contributed by atoms with Crippen LogP contribution >= 0.6 is 0 Å². The van der Waals surface area contributed by atoms with Gasteiger partial charge in [0.05, 0.1) is 59.4 Å². The second-order valence-corrected chi connectivity index (χ2v) is 8.15. The largest absolute Gasteiger partial charge is 0.379 e. The fourth-order valence-electron chi connectivity index (χ4n) is 2.70. The van der Waals surface area contributed by atoms with E-state index in [9.17, 15) is 28.8 Å². The third kappa shape index (κ3) is 21.4. The Labute approximate surface area is 229 Å². The van der Waals surface area contributed by atoms with Crippen LogP contribution in [0.3, 0.4) is 0 Å². The van der Waals surface area contributed by atoms with E-state index >= 15 is 0 Å². The summed E-state index contributed by atoms with van der Waals surface area (Å²) < 4.78 is 21.4. The van der Waals surface area contributed by atoms with Crippen LogP contribution in [0.1, 0.15) is 33.6 Å². The number of imide groups is 1. The summed E-state index contributed by atoms with van der Waals surface area (Å²) in [7, 11) is 0. The summed E-state index contributed by atoms with van der Waals surface area (Å²) in [6, 6.07) is -0.745. The van der Waals surface area contributed by atoms with E-state index in [1.165, 1.54) is 26.0 Å². The topological polar surface area (TPSA) is 179 Å². The van der Waals surface area contributed by atoms with Crippen LogP contribution in [0.2, 0.25) is 0 Å². The number of allylic oxidation sites excluding steroid dienone is 1. The number of nitrogens with zero attached hydrogens (tertiary/aromatic N) is 1. The molecule has 0 aromatic heterocycles. The van der Waals surface area contributed by atoms with Crippen LogP contribution in [0.4, 0.5) is 0 Å². The summed E-state index contributed by atoms with van der Waals surface area (Å²) in [5.41, 5.74) is 0. The van der Waals surface area contributed by atoms with Crippen LogP contribution in [-0.4, -0.2) is 119 Å². The van der Waals surface area contributed by atoms with Crippen LogP contribution in [-0.2, 0) is 47.7 Å². The van der Waals surface area contributed by atoms with Gasteiger partial charge < -0.3 is 34.9 Å². The highest BCUT2D eigenvalue weighted by molar-refractivity contribution is 5.95. The van der Waals surface area contributed by atoms with Crippen molar-refractivity contribution in [2.45, 2.75) is 39.7 Å². The van der Waals surface area contributed by atoms with Crippen molar-refractivity contribution >= 4 is 35.8 Å². The van der Waals surface area contributed by atoms with Gasteiger partial charge in [-0.2, -0.15) is 0 Å². The van der Waals surface area contributed by atoms with Crippen molar-refractivity contribution in [1.82, 2.24) is 20.9 Å². The molecule has 0 aliphatic rings. The van der Waals surface area contributed by atoms with Crippen molar-refractivity contribution in [1.29, 1.82) is 0 Å². The molecule has 39 heavy (non-hydrogen) atoms. The normalized spacial score (nSPS) is 11.6. The zero-order chi connectivity index (χ0) is 29.3. The number of Topliss-reactive ketones (excluding diaryl/α,β-unsaturated/α-hetero) is 1. The Balaban J connectivity index is 3.52. The third-order valence-electron chi connectivity index (χ3n) is 4.74. The van der Waals surface area contributed by atoms with Gasteiger partial charge in [0.2, 0.25) is 24.1 Å². The lowest BCUT2D eigenvalue weighted by Gasteiger charge is -2.13. The summed E-state index contributed by atoms with van der Waals surface area (Å²) in [6.07, 6.45) is 3.27. The molecule has 14 heteroatoms. The first-order chi connectivity index (χ1) is 18.7. The Hall–Kier alpha value is -3.20. The quantitative estimate of drug-likeness (QED) is 0.0734. The number of rotatable bonds is 24. The molecule has 222 valence electrons. The van der Waals surface area contributed by atoms with Crippen molar-refractivity contribution in [2.24, 2.45) is 0 Å². The minimum atomic E-state index is -0.745. The van der Waals surface area contributed by atoms with E-state index in [0.717, 1.165) is 4.90 Å². The standard InChI is InChI=1S/C25H42N4O10/c1-4-5-24(34)29(19-30)9-6-22(32)26-8-11-37-13-15-39-17-16-38-14-12-36-10-7-23(33)28-21(3)25(35)27-18-20(2)31/h4-5,19,21H,6-18H2,1-3H3,(H,26,32)(H,27,35)(H,28,33)/b5-4-. The number of ketones is 1. The molecule has 0 spiro atoms. The van der Waals surface area contributed by atoms with Gasteiger partial charge in [0.1, 0.15) is 11.8 Å². The molecule has 0 rings (SSSR count). The van der Waals surface area contributed by atoms with Gasteiger partial charge >= 0.3 is 0 Å². The minimum Gasteiger partial charge on any atom is -0.379 e. The Kier molecular flexibility index (Phi) is 21.9. The van der Waals surface area contributed by atoms with E-state index < -0.39 is 17.9 Å². The average molecular weight is 559 g/mol. The van der Waals surface area contributed by atoms with E-state index in [-0.39, 0.29) is 50.1 Å². The lowest BCUT2D eigenvalue weighted by Crippen LogP contribution is -2.46. The van der Waals surface area contributed by atoms with Crippen LogP contribution in [0.15, 0.2) is 12.2 Å². The highest BCUT2D eigenvalue weighted by Gasteiger charge is 2.15. The third-order valence-corrected chi connectivity index (χ3v) is 4.74. The molecule has 14 nitrogen and oxygen atoms in total. The Bertz CT molecular complexity index is 791. The number of carbonyl (C=O) groups excluding carboxylic acids is 6. The minimum absolute atomic E-state index is 0.00391. The first-order valence-corrected chi connectivity index (χ1v) is 12.7. The SMILES string of the molecule is C/C=C\C(=O)N(C=O)CCC(=O)NCCOCCOCCOCCOCCC(=O)NC(C)C(=O)NCC(C)=O. The van der Waals surface area contributed by atoms with Gasteiger partial charge in [0.15, 0.2) is 0 Å². The van der Waals surface area contributed by atoms with Crippen molar-refractivity contribution in [2.75, 3.05) is 72.5 Å². The van der Waals surface area contributed by atoms with Crippen molar-refractivity contribution in [3.8, 4) is 0 Å². The van der Waals surface area contributed by atoms with Crippen molar-refractivity contribution in [3.05, 3.63) is 12.2 Å². The van der Waals surface area contributed by atoms with E-state index in [1.807, 2.05) is 0 Å². The lowest BCUT2D eigenvalue weighted by atomic mass is 10.3. The Morgan fingerprint density at radius 1 is 0.795 bits per heavy atom. The van der Waals surface area contributed by atoms with Gasteiger partial charge in [-0.3, -0.25) is 33.7 Å². The predicted octanol–water partition coefficient (Wildman–Crippen LogP) is -1.28. The summed E-state index contributed by atoms with van der Waals surface area (Å²) in [6.45, 7) is 7.31. The van der Waals surface area contributed by atoms with Gasteiger partial charge in [-0.05, 0) is 26.8 Å². The maximum absolute atomic E-state index is 11.8. The predicted molar refractivity (Wildman–Crippen MR) is 139 cm³/mol. The summed E-state index contributed by atoms with van der Waals surface area (Å²) >= 11 is 0. The van der Waals surface area contributed by atoms with E-state index in [1.54, 1.807) is 6.92 Å². The lowest BCUT2D eigenvalue weighted by molar-refractivity contribution is -0.135. The molecule has 0 aliphatic carbocycles. The van der Waals surface area contributed by atoms with Gasteiger partial charge in [-0.1, -0.05) is 6.08 Å². The van der Waals surface area contributed by atoms with Gasteiger partial charge in [-0.25, -0.2) is 0 Å². The summed E-state index contributed by atoms with van der Waals surface area (Å²) in [5.74, 6) is -1.70.